The minimum absolute atomic E-state index is 0.899. The zero-order valence-corrected chi connectivity index (χ0v) is 32.2. The molecule has 9 aromatic carbocycles. The van der Waals surface area contributed by atoms with Crippen LogP contribution in [0.1, 0.15) is 0 Å². The molecule has 0 unspecified atom stereocenters. The van der Waals surface area contributed by atoms with Crippen LogP contribution in [0.2, 0.25) is 0 Å². The number of aromatic nitrogens is 1. The van der Waals surface area contributed by atoms with Crippen LogP contribution in [-0.2, 0) is 0 Å². The predicted molar refractivity (Wildman–Crippen MR) is 247 cm³/mol. The van der Waals surface area contributed by atoms with Gasteiger partial charge < -0.3 is 13.9 Å². The lowest BCUT2D eigenvalue weighted by Gasteiger charge is -2.27. The highest BCUT2D eigenvalue weighted by Crippen LogP contribution is 2.43. The maximum atomic E-state index is 6.19. The van der Waals surface area contributed by atoms with Gasteiger partial charge in [-0.05, 0) is 101 Å². The number of thiophene rings is 1. The van der Waals surface area contributed by atoms with Crippen molar-refractivity contribution in [1.29, 1.82) is 0 Å². The smallest absolute Gasteiger partial charge is 0.135 e. The summed E-state index contributed by atoms with van der Waals surface area (Å²) in [5, 5.41) is 7.38. The fraction of sp³-hybridized carbons (Fsp3) is 0. The van der Waals surface area contributed by atoms with Gasteiger partial charge in [0.15, 0.2) is 0 Å². The maximum Gasteiger partial charge on any atom is 0.135 e. The monoisotopic (exact) mass is 758 g/mol. The maximum absolute atomic E-state index is 6.19. The van der Waals surface area contributed by atoms with E-state index >= 15 is 0 Å². The van der Waals surface area contributed by atoms with Crippen molar-refractivity contribution in [3.05, 3.63) is 206 Å². The van der Waals surface area contributed by atoms with Crippen molar-refractivity contribution < 1.29 is 4.42 Å². The van der Waals surface area contributed by atoms with Gasteiger partial charge >= 0.3 is 0 Å². The van der Waals surface area contributed by atoms with Gasteiger partial charge in [-0.15, -0.1) is 11.3 Å². The van der Waals surface area contributed by atoms with Crippen molar-refractivity contribution in [3.63, 3.8) is 0 Å². The van der Waals surface area contributed by atoms with Gasteiger partial charge in [0.2, 0.25) is 0 Å². The Labute approximate surface area is 338 Å². The molecule has 58 heavy (non-hydrogen) atoms. The van der Waals surface area contributed by atoms with E-state index in [1.165, 1.54) is 53.1 Å². The molecule has 4 heteroatoms. The number of fused-ring (bicyclic) bond motifs is 9. The van der Waals surface area contributed by atoms with E-state index in [1.807, 2.05) is 23.5 Å². The molecular formula is C54H34N2OS. The molecular weight excluding hydrogens is 725 g/mol. The van der Waals surface area contributed by atoms with Crippen LogP contribution in [-0.4, -0.2) is 4.57 Å². The van der Waals surface area contributed by atoms with Gasteiger partial charge in [-0.2, -0.15) is 0 Å². The zero-order chi connectivity index (χ0) is 38.2. The molecule has 3 heterocycles. The van der Waals surface area contributed by atoms with E-state index < -0.39 is 0 Å². The Morgan fingerprint density at radius 2 is 0.983 bits per heavy atom. The van der Waals surface area contributed by atoms with Crippen LogP contribution in [0.4, 0.5) is 17.1 Å². The number of hydrogen-bond acceptors (Lipinski definition) is 3. The summed E-state index contributed by atoms with van der Waals surface area (Å²) in [6.07, 6.45) is 0. The number of anilines is 3. The Morgan fingerprint density at radius 3 is 1.79 bits per heavy atom. The molecule has 0 bridgehead atoms. The van der Waals surface area contributed by atoms with Gasteiger partial charge in [-0.3, -0.25) is 0 Å². The summed E-state index contributed by atoms with van der Waals surface area (Å²) in [4.78, 5) is 2.39. The lowest BCUT2D eigenvalue weighted by atomic mass is 10.0. The lowest BCUT2D eigenvalue weighted by molar-refractivity contribution is 0.669. The normalized spacial score (nSPS) is 11.8. The van der Waals surface area contributed by atoms with E-state index in [-0.39, 0.29) is 0 Å². The molecule has 0 aliphatic carbocycles. The van der Waals surface area contributed by atoms with Crippen molar-refractivity contribution in [2.24, 2.45) is 0 Å². The second kappa shape index (κ2) is 13.1. The van der Waals surface area contributed by atoms with E-state index in [9.17, 15) is 0 Å². The molecule has 0 atom stereocenters. The first-order valence-corrected chi connectivity index (χ1v) is 20.5. The number of hydrogen-bond donors (Lipinski definition) is 0. The van der Waals surface area contributed by atoms with Crippen LogP contribution >= 0.6 is 11.3 Å². The summed E-state index contributed by atoms with van der Waals surface area (Å²) in [5.74, 6) is 0. The second-order valence-corrected chi connectivity index (χ2v) is 16.0. The summed E-state index contributed by atoms with van der Waals surface area (Å²) in [5.41, 5.74) is 13.3. The summed E-state index contributed by atoms with van der Waals surface area (Å²) in [7, 11) is 0. The van der Waals surface area contributed by atoms with Crippen LogP contribution in [0.5, 0.6) is 0 Å². The molecule has 3 aromatic heterocycles. The summed E-state index contributed by atoms with van der Waals surface area (Å²) < 4.78 is 11.2. The lowest BCUT2D eigenvalue weighted by Crippen LogP contribution is -2.10. The van der Waals surface area contributed by atoms with Crippen LogP contribution in [0, 0.1) is 0 Å². The largest absolute Gasteiger partial charge is 0.456 e. The van der Waals surface area contributed by atoms with Crippen LogP contribution in [0.3, 0.4) is 0 Å². The Hall–Kier alpha value is -7.40. The highest BCUT2D eigenvalue weighted by Gasteiger charge is 2.18. The van der Waals surface area contributed by atoms with Gasteiger partial charge in [0.1, 0.15) is 11.2 Å². The average Bonchev–Trinajstić information content (AvgIpc) is 3.97. The first-order valence-electron chi connectivity index (χ1n) is 19.7. The SMILES string of the molecule is c1cc(-c2ccc3oc4ccccc4c3c2)cc(N(c2ccc(-c3cccc4c3sc3ccccc34)cc2)c2cccc(-n3c4ccccc4c4ccccc43)c2)c1. The molecule has 0 radical (unpaired) electrons. The van der Waals surface area contributed by atoms with Crippen molar-refractivity contribution in [1.82, 2.24) is 4.57 Å². The Kier molecular flexibility index (Phi) is 7.40. The number of benzene rings is 9. The molecule has 12 rings (SSSR count). The second-order valence-electron chi connectivity index (χ2n) is 14.9. The zero-order valence-electron chi connectivity index (χ0n) is 31.3. The van der Waals surface area contributed by atoms with Gasteiger partial charge in [-0.25, -0.2) is 0 Å². The van der Waals surface area contributed by atoms with Crippen LogP contribution < -0.4 is 4.90 Å². The third-order valence-electron chi connectivity index (χ3n) is 11.6. The molecule has 3 nitrogen and oxygen atoms in total. The molecule has 0 fully saturated rings. The van der Waals surface area contributed by atoms with Crippen molar-refractivity contribution in [2.75, 3.05) is 4.90 Å². The predicted octanol–water partition coefficient (Wildman–Crippen LogP) is 15.9. The summed E-state index contributed by atoms with van der Waals surface area (Å²) >= 11 is 1.87. The van der Waals surface area contributed by atoms with Crippen molar-refractivity contribution >= 4 is 92.3 Å². The molecule has 0 saturated carbocycles. The molecule has 12 aromatic rings. The molecule has 0 aliphatic heterocycles. The highest BCUT2D eigenvalue weighted by molar-refractivity contribution is 7.26. The number of rotatable bonds is 6. The van der Waals surface area contributed by atoms with Crippen LogP contribution in [0.25, 0.3) is 91.9 Å². The molecule has 0 N–H and O–H groups in total. The molecule has 0 aliphatic rings. The molecule has 0 amide bonds. The van der Waals surface area contributed by atoms with E-state index in [0.29, 0.717) is 0 Å². The first-order chi connectivity index (χ1) is 28.7. The standard InChI is InChI=1S/C54H34N2OS/c1-5-22-49-43(16-1)44-17-2-6-23-50(44)56(49)41-15-10-14-40(34-41)55(38-29-26-35(27-30-38)42-20-11-21-47-46-19-4-8-25-53(46)58-54(42)47)39-13-9-12-36(32-39)37-28-31-52-48(33-37)45-18-3-7-24-51(45)57-52/h1-34H. The highest BCUT2D eigenvalue weighted by atomic mass is 32.1. The van der Waals surface area contributed by atoms with E-state index in [2.05, 4.69) is 204 Å². The third-order valence-corrected chi connectivity index (χ3v) is 12.8. The van der Waals surface area contributed by atoms with Crippen molar-refractivity contribution in [2.45, 2.75) is 0 Å². The van der Waals surface area contributed by atoms with Crippen molar-refractivity contribution in [3.8, 4) is 27.9 Å². The minimum atomic E-state index is 0.899. The Balaban J connectivity index is 1.02. The molecule has 272 valence electrons. The Bertz CT molecular complexity index is 3480. The van der Waals surface area contributed by atoms with Gasteiger partial charge in [-0.1, -0.05) is 127 Å². The average molecular weight is 759 g/mol. The summed E-state index contributed by atoms with van der Waals surface area (Å²) in [6.45, 7) is 0. The summed E-state index contributed by atoms with van der Waals surface area (Å²) in [6, 6.07) is 74.5. The Morgan fingerprint density at radius 1 is 0.379 bits per heavy atom. The fourth-order valence-corrected chi connectivity index (χ4v) is 10.2. The van der Waals surface area contributed by atoms with Gasteiger partial charge in [0.25, 0.3) is 0 Å². The van der Waals surface area contributed by atoms with Crippen LogP contribution in [0.15, 0.2) is 211 Å². The topological polar surface area (TPSA) is 21.3 Å². The van der Waals surface area contributed by atoms with E-state index in [1.54, 1.807) is 0 Å². The number of furan rings is 1. The third kappa shape index (κ3) is 5.19. The van der Waals surface area contributed by atoms with E-state index in [4.69, 9.17) is 4.42 Å². The number of nitrogens with zero attached hydrogens (tertiary/aromatic N) is 2. The van der Waals surface area contributed by atoms with Gasteiger partial charge in [0, 0.05) is 64.5 Å². The van der Waals surface area contributed by atoms with Gasteiger partial charge in [0.05, 0.1) is 11.0 Å². The first kappa shape index (κ1) is 32.8. The molecule has 0 spiro atoms. The minimum Gasteiger partial charge on any atom is -0.456 e. The molecule has 0 saturated heterocycles. The van der Waals surface area contributed by atoms with E-state index in [0.717, 1.165) is 55.8 Å². The quantitative estimate of drug-likeness (QED) is 0.168. The fourth-order valence-electron chi connectivity index (χ4n) is 8.91. The number of para-hydroxylation sites is 3.